The second kappa shape index (κ2) is 5.34. The molecule has 0 aliphatic carbocycles. The highest BCUT2D eigenvalue weighted by atomic mass is 79.9. The molecular formula is C12H13Br2NO. The van der Waals surface area contributed by atoms with Crippen LogP contribution in [0.1, 0.15) is 18.0 Å². The maximum atomic E-state index is 5.62. The summed E-state index contributed by atoms with van der Waals surface area (Å²) in [5.41, 5.74) is 1.19. The predicted molar refractivity (Wildman–Crippen MR) is 72.3 cm³/mol. The van der Waals surface area contributed by atoms with Gasteiger partial charge in [-0.2, -0.15) is 0 Å². The van der Waals surface area contributed by atoms with Gasteiger partial charge in [-0.1, -0.05) is 31.9 Å². The summed E-state index contributed by atoms with van der Waals surface area (Å²) in [6.07, 6.45) is 3.15. The van der Waals surface area contributed by atoms with Gasteiger partial charge in [-0.05, 0) is 36.9 Å². The van der Waals surface area contributed by atoms with E-state index in [9.17, 15) is 0 Å². The molecule has 1 aliphatic heterocycles. The highest BCUT2D eigenvalue weighted by Crippen LogP contribution is 2.32. The SMILES string of the molecule is CNC(C1=CCCO1)c1cc(Br)ccc1Br. The molecule has 16 heavy (non-hydrogen) atoms. The van der Waals surface area contributed by atoms with E-state index in [0.29, 0.717) is 0 Å². The summed E-state index contributed by atoms with van der Waals surface area (Å²) in [6.45, 7) is 0.791. The fourth-order valence-corrected chi connectivity index (χ4v) is 2.68. The maximum absolute atomic E-state index is 5.62. The van der Waals surface area contributed by atoms with Gasteiger partial charge in [-0.15, -0.1) is 0 Å². The molecule has 2 rings (SSSR count). The molecule has 1 heterocycles. The second-order valence-corrected chi connectivity index (χ2v) is 5.40. The van der Waals surface area contributed by atoms with Crippen molar-refractivity contribution in [2.75, 3.05) is 13.7 Å². The lowest BCUT2D eigenvalue weighted by molar-refractivity contribution is 0.218. The fraction of sp³-hybridized carbons (Fsp3) is 0.333. The molecule has 0 radical (unpaired) electrons. The number of hydrogen-bond acceptors (Lipinski definition) is 2. The van der Waals surface area contributed by atoms with Gasteiger partial charge in [-0.3, -0.25) is 0 Å². The van der Waals surface area contributed by atoms with Gasteiger partial charge in [0.2, 0.25) is 0 Å². The average Bonchev–Trinajstić information content (AvgIpc) is 2.78. The number of halogens is 2. The molecule has 1 atom stereocenters. The van der Waals surface area contributed by atoms with E-state index in [1.165, 1.54) is 5.56 Å². The summed E-state index contributed by atoms with van der Waals surface area (Å²) in [5, 5.41) is 3.28. The molecule has 1 aromatic rings. The lowest BCUT2D eigenvalue weighted by Crippen LogP contribution is -2.19. The number of likely N-dealkylation sites (N-methyl/N-ethyl adjacent to an activating group) is 1. The highest BCUT2D eigenvalue weighted by molar-refractivity contribution is 9.11. The van der Waals surface area contributed by atoms with E-state index in [1.807, 2.05) is 19.2 Å². The summed E-state index contributed by atoms with van der Waals surface area (Å²) in [6, 6.07) is 6.28. The minimum atomic E-state index is 0.120. The number of benzene rings is 1. The second-order valence-electron chi connectivity index (χ2n) is 3.63. The number of ether oxygens (including phenoxy) is 1. The third-order valence-corrected chi connectivity index (χ3v) is 3.79. The maximum Gasteiger partial charge on any atom is 0.114 e. The van der Waals surface area contributed by atoms with Crippen LogP contribution in [0, 0.1) is 0 Å². The molecule has 0 amide bonds. The molecule has 0 bridgehead atoms. The zero-order chi connectivity index (χ0) is 11.5. The topological polar surface area (TPSA) is 21.3 Å². The van der Waals surface area contributed by atoms with E-state index in [0.717, 1.165) is 27.7 Å². The van der Waals surface area contributed by atoms with E-state index < -0.39 is 0 Å². The van der Waals surface area contributed by atoms with Gasteiger partial charge in [0.05, 0.1) is 12.6 Å². The van der Waals surface area contributed by atoms with E-state index in [4.69, 9.17) is 4.74 Å². The molecule has 0 aromatic heterocycles. The van der Waals surface area contributed by atoms with Crippen LogP contribution in [0.15, 0.2) is 39.0 Å². The van der Waals surface area contributed by atoms with Crippen molar-refractivity contribution in [2.24, 2.45) is 0 Å². The predicted octanol–water partition coefficient (Wildman–Crippen LogP) is 3.78. The Kier molecular flexibility index (Phi) is 4.05. The van der Waals surface area contributed by atoms with Crippen LogP contribution in [0.5, 0.6) is 0 Å². The summed E-state index contributed by atoms with van der Waals surface area (Å²) in [5.74, 6) is 1.02. The van der Waals surface area contributed by atoms with Crippen LogP contribution in [0.4, 0.5) is 0 Å². The summed E-state index contributed by atoms with van der Waals surface area (Å²) >= 11 is 7.07. The van der Waals surface area contributed by atoms with Gasteiger partial charge >= 0.3 is 0 Å². The summed E-state index contributed by atoms with van der Waals surface area (Å²) in [4.78, 5) is 0. The first-order valence-corrected chi connectivity index (χ1v) is 6.76. The largest absolute Gasteiger partial charge is 0.496 e. The molecule has 0 saturated carbocycles. The van der Waals surface area contributed by atoms with Crippen molar-refractivity contribution in [2.45, 2.75) is 12.5 Å². The van der Waals surface area contributed by atoms with Crippen LogP contribution in [-0.2, 0) is 4.74 Å². The zero-order valence-electron chi connectivity index (χ0n) is 8.97. The van der Waals surface area contributed by atoms with Crippen LogP contribution >= 0.6 is 31.9 Å². The Morgan fingerprint density at radius 1 is 1.38 bits per heavy atom. The number of nitrogens with one attached hydrogen (secondary N) is 1. The van der Waals surface area contributed by atoms with Gasteiger partial charge in [-0.25, -0.2) is 0 Å². The summed E-state index contributed by atoms with van der Waals surface area (Å²) < 4.78 is 7.78. The van der Waals surface area contributed by atoms with E-state index >= 15 is 0 Å². The van der Waals surface area contributed by atoms with Gasteiger partial charge in [0, 0.05) is 15.4 Å². The highest BCUT2D eigenvalue weighted by Gasteiger charge is 2.21. The van der Waals surface area contributed by atoms with Crippen LogP contribution in [-0.4, -0.2) is 13.7 Å². The first kappa shape index (κ1) is 12.1. The molecule has 1 aliphatic rings. The Balaban J connectivity index is 2.35. The Morgan fingerprint density at radius 3 is 2.81 bits per heavy atom. The van der Waals surface area contributed by atoms with Gasteiger partial charge in [0.1, 0.15) is 5.76 Å². The van der Waals surface area contributed by atoms with Gasteiger partial charge in [0.15, 0.2) is 0 Å². The molecule has 0 fully saturated rings. The quantitative estimate of drug-likeness (QED) is 0.899. The Morgan fingerprint density at radius 2 is 2.19 bits per heavy atom. The standard InChI is InChI=1S/C12H13Br2NO/c1-15-12(11-3-2-6-16-11)9-7-8(13)4-5-10(9)14/h3-5,7,12,15H,2,6H2,1H3. The average molecular weight is 347 g/mol. The molecule has 2 nitrogen and oxygen atoms in total. The third kappa shape index (κ3) is 2.50. The Hall–Kier alpha value is -0.320. The van der Waals surface area contributed by atoms with Gasteiger partial charge in [0.25, 0.3) is 0 Å². The first-order chi connectivity index (χ1) is 7.72. The molecule has 1 N–H and O–H groups in total. The smallest absolute Gasteiger partial charge is 0.114 e. The molecular weight excluding hydrogens is 334 g/mol. The molecule has 1 aromatic carbocycles. The van der Waals surface area contributed by atoms with Crippen molar-refractivity contribution >= 4 is 31.9 Å². The van der Waals surface area contributed by atoms with E-state index in [-0.39, 0.29) is 6.04 Å². The zero-order valence-corrected chi connectivity index (χ0v) is 12.1. The van der Waals surface area contributed by atoms with E-state index in [2.05, 4.69) is 49.3 Å². The van der Waals surface area contributed by atoms with Crippen molar-refractivity contribution in [3.63, 3.8) is 0 Å². The summed E-state index contributed by atoms with van der Waals surface area (Å²) in [7, 11) is 1.94. The minimum absolute atomic E-state index is 0.120. The van der Waals surface area contributed by atoms with E-state index in [1.54, 1.807) is 0 Å². The lowest BCUT2D eigenvalue weighted by atomic mass is 10.1. The first-order valence-electron chi connectivity index (χ1n) is 5.17. The van der Waals surface area contributed by atoms with Crippen molar-refractivity contribution < 1.29 is 4.74 Å². The fourth-order valence-electron chi connectivity index (χ4n) is 1.82. The number of rotatable bonds is 3. The third-order valence-electron chi connectivity index (χ3n) is 2.57. The van der Waals surface area contributed by atoms with Crippen molar-refractivity contribution in [3.8, 4) is 0 Å². The monoisotopic (exact) mass is 345 g/mol. The normalized spacial score (nSPS) is 16.8. The molecule has 86 valence electrons. The molecule has 1 unspecified atom stereocenters. The lowest BCUT2D eigenvalue weighted by Gasteiger charge is -2.19. The molecule has 4 heteroatoms. The molecule has 0 spiro atoms. The van der Waals surface area contributed by atoms with Crippen LogP contribution in [0.2, 0.25) is 0 Å². The minimum Gasteiger partial charge on any atom is -0.496 e. The van der Waals surface area contributed by atoms with Crippen molar-refractivity contribution in [3.05, 3.63) is 44.5 Å². The van der Waals surface area contributed by atoms with Crippen LogP contribution in [0.25, 0.3) is 0 Å². The Labute approximate surface area is 112 Å². The Bertz CT molecular complexity index is 417. The molecule has 0 saturated heterocycles. The van der Waals surface area contributed by atoms with Crippen LogP contribution < -0.4 is 5.32 Å². The van der Waals surface area contributed by atoms with Crippen molar-refractivity contribution in [1.29, 1.82) is 0 Å². The van der Waals surface area contributed by atoms with Crippen molar-refractivity contribution in [1.82, 2.24) is 5.32 Å². The van der Waals surface area contributed by atoms with Crippen LogP contribution in [0.3, 0.4) is 0 Å². The number of hydrogen-bond donors (Lipinski definition) is 1. The van der Waals surface area contributed by atoms with Gasteiger partial charge < -0.3 is 10.1 Å².